The first kappa shape index (κ1) is 8.56. The third kappa shape index (κ3) is 3.94. The van der Waals surface area contributed by atoms with Crippen molar-refractivity contribution in [3.63, 3.8) is 0 Å². The standard InChI is InChI=1S/C16H21NO2/c1-12(2)17-10-14(18)11-19-16-9-5-7-13-6-3-4-8-15(13)16/h3-9,12,14,17-18H,10-11H2,1-2H3/i1D3,12D,14D. The van der Waals surface area contributed by atoms with E-state index in [4.69, 9.17) is 11.6 Å². The van der Waals surface area contributed by atoms with Crippen LogP contribution in [-0.2, 0) is 0 Å². The molecular formula is C16H21NO2. The van der Waals surface area contributed by atoms with E-state index in [2.05, 4.69) is 5.32 Å². The van der Waals surface area contributed by atoms with Gasteiger partial charge in [-0.25, -0.2) is 0 Å². The smallest absolute Gasteiger partial charge is 0.127 e. The highest BCUT2D eigenvalue weighted by Gasteiger charge is 2.07. The zero-order valence-electron chi connectivity index (χ0n) is 15.8. The van der Waals surface area contributed by atoms with Gasteiger partial charge >= 0.3 is 0 Å². The summed E-state index contributed by atoms with van der Waals surface area (Å²) in [7, 11) is 0. The molecule has 0 spiro atoms. The molecule has 0 amide bonds. The number of fused-ring (bicyclic) bond motifs is 1. The molecule has 19 heavy (non-hydrogen) atoms. The second kappa shape index (κ2) is 6.55. The topological polar surface area (TPSA) is 41.5 Å². The Morgan fingerprint density at radius 1 is 1.32 bits per heavy atom. The average molecular weight is 264 g/mol. The predicted octanol–water partition coefficient (Wildman–Crippen LogP) is 2.58. The maximum absolute atomic E-state index is 10.1. The molecular weight excluding hydrogens is 238 g/mol. The van der Waals surface area contributed by atoms with E-state index < -0.39 is 25.5 Å². The van der Waals surface area contributed by atoms with Gasteiger partial charge in [-0.15, -0.1) is 0 Å². The minimum atomic E-state index is -2.57. The molecule has 0 fully saturated rings. The van der Waals surface area contributed by atoms with Crippen molar-refractivity contribution in [2.75, 3.05) is 13.2 Å². The Hall–Kier alpha value is -1.58. The molecule has 2 aromatic rings. The maximum Gasteiger partial charge on any atom is 0.127 e. The van der Waals surface area contributed by atoms with Crippen LogP contribution in [0.4, 0.5) is 0 Å². The minimum absolute atomic E-state index is 0.356. The molecule has 0 aromatic heterocycles. The summed E-state index contributed by atoms with van der Waals surface area (Å²) in [4.78, 5) is 0. The van der Waals surface area contributed by atoms with Gasteiger partial charge in [-0.05, 0) is 11.5 Å². The van der Waals surface area contributed by atoms with Gasteiger partial charge in [-0.3, -0.25) is 0 Å². The van der Waals surface area contributed by atoms with E-state index in [0.29, 0.717) is 5.75 Å². The van der Waals surface area contributed by atoms with Crippen molar-refractivity contribution in [3.05, 3.63) is 42.5 Å². The van der Waals surface area contributed by atoms with E-state index in [1.165, 1.54) is 6.92 Å². The van der Waals surface area contributed by atoms with Crippen molar-refractivity contribution in [1.82, 2.24) is 5.32 Å². The highest BCUT2D eigenvalue weighted by atomic mass is 16.5. The summed E-state index contributed by atoms with van der Waals surface area (Å²) >= 11 is 0. The van der Waals surface area contributed by atoms with Gasteiger partial charge in [-0.1, -0.05) is 50.2 Å². The fourth-order valence-electron chi connectivity index (χ4n) is 1.77. The Morgan fingerprint density at radius 2 is 2.11 bits per heavy atom. The summed E-state index contributed by atoms with van der Waals surface area (Å²) in [6.45, 7) is -2.15. The lowest BCUT2D eigenvalue weighted by Gasteiger charge is -2.15. The Morgan fingerprint density at radius 3 is 2.95 bits per heavy atom. The third-order valence-corrected chi connectivity index (χ3v) is 2.70. The van der Waals surface area contributed by atoms with Gasteiger partial charge in [0.05, 0.1) is 1.37 Å². The van der Waals surface area contributed by atoms with Gasteiger partial charge < -0.3 is 15.2 Å². The molecule has 2 aromatic carbocycles. The fraction of sp³-hybridized carbons (Fsp3) is 0.375. The molecule has 2 unspecified atom stereocenters. The van der Waals surface area contributed by atoms with Crippen LogP contribution in [0.15, 0.2) is 42.5 Å². The molecule has 0 aliphatic carbocycles. The monoisotopic (exact) mass is 264 g/mol. The molecule has 0 bridgehead atoms. The van der Waals surface area contributed by atoms with E-state index in [-0.39, 0.29) is 6.61 Å². The molecule has 2 atom stereocenters. The average Bonchev–Trinajstić information content (AvgIpc) is 2.50. The van der Waals surface area contributed by atoms with Crippen LogP contribution in [0.5, 0.6) is 5.75 Å². The van der Waals surface area contributed by atoms with Crippen LogP contribution < -0.4 is 10.1 Å². The summed E-state index contributed by atoms with van der Waals surface area (Å²) < 4.78 is 43.0. The van der Waals surface area contributed by atoms with Crippen LogP contribution in [0.1, 0.15) is 20.6 Å². The van der Waals surface area contributed by atoms with Gasteiger partial charge in [0.1, 0.15) is 18.4 Å². The number of hydrogen-bond acceptors (Lipinski definition) is 3. The first-order valence-electron chi connectivity index (χ1n) is 8.60. The highest BCUT2D eigenvalue weighted by Crippen LogP contribution is 2.25. The molecule has 2 N–H and O–H groups in total. The molecule has 0 radical (unpaired) electrons. The van der Waals surface area contributed by atoms with Crippen LogP contribution in [0.25, 0.3) is 10.8 Å². The quantitative estimate of drug-likeness (QED) is 0.842. The number of benzene rings is 2. The molecule has 102 valence electrons. The lowest BCUT2D eigenvalue weighted by Crippen LogP contribution is -2.35. The van der Waals surface area contributed by atoms with Crippen LogP contribution in [0.3, 0.4) is 0 Å². The van der Waals surface area contributed by atoms with E-state index >= 15 is 0 Å². The SMILES string of the molecule is [2H]C(O)(CNC([2H])(C)C([2H])([2H])[2H])COc1cccc2ccccc12. The third-order valence-electron chi connectivity index (χ3n) is 2.70. The Labute approximate surface area is 121 Å². The molecule has 0 saturated heterocycles. The normalized spacial score (nSPS) is 22.1. The van der Waals surface area contributed by atoms with E-state index in [0.717, 1.165) is 10.8 Å². The molecule has 0 aliphatic heterocycles. The van der Waals surface area contributed by atoms with Crippen LogP contribution in [-0.4, -0.2) is 30.4 Å². The zero-order valence-corrected chi connectivity index (χ0v) is 10.8. The van der Waals surface area contributed by atoms with Gasteiger partial charge in [0.15, 0.2) is 0 Å². The van der Waals surface area contributed by atoms with E-state index in [9.17, 15) is 5.11 Å². The summed E-state index contributed by atoms with van der Waals surface area (Å²) in [5, 5.41) is 14.3. The second-order valence-corrected chi connectivity index (χ2v) is 4.31. The summed E-state index contributed by atoms with van der Waals surface area (Å²) in [5.41, 5.74) is 0. The number of nitrogens with one attached hydrogen (secondary N) is 1. The van der Waals surface area contributed by atoms with Crippen molar-refractivity contribution < 1.29 is 16.7 Å². The van der Waals surface area contributed by atoms with Crippen LogP contribution >= 0.6 is 0 Å². The molecule has 2 rings (SSSR count). The molecule has 0 saturated carbocycles. The predicted molar refractivity (Wildman–Crippen MR) is 78.6 cm³/mol. The molecule has 3 nitrogen and oxygen atoms in total. The van der Waals surface area contributed by atoms with Gasteiger partial charge in [0.2, 0.25) is 0 Å². The number of rotatable bonds is 6. The number of aliphatic hydroxyl groups is 1. The summed E-state index contributed by atoms with van der Waals surface area (Å²) in [5.74, 6) is 0.531. The Kier molecular flexibility index (Phi) is 2.95. The Balaban J connectivity index is 2.02. The van der Waals surface area contributed by atoms with Gasteiger partial charge in [0.25, 0.3) is 0 Å². The number of hydrogen-bond donors (Lipinski definition) is 2. The highest BCUT2D eigenvalue weighted by molar-refractivity contribution is 5.88. The molecule has 0 aliphatic rings. The van der Waals surface area contributed by atoms with Crippen LogP contribution in [0.2, 0.25) is 0 Å². The second-order valence-electron chi connectivity index (χ2n) is 4.31. The van der Waals surface area contributed by atoms with E-state index in [1.54, 1.807) is 6.07 Å². The van der Waals surface area contributed by atoms with Gasteiger partial charge in [-0.2, -0.15) is 0 Å². The van der Waals surface area contributed by atoms with Crippen molar-refractivity contribution in [3.8, 4) is 5.75 Å². The molecule has 0 heterocycles. The Bertz CT molecular complexity index is 695. The van der Waals surface area contributed by atoms with Crippen LogP contribution in [0, 0.1) is 0 Å². The maximum atomic E-state index is 10.1. The van der Waals surface area contributed by atoms with Crippen molar-refractivity contribution in [2.45, 2.75) is 25.9 Å². The van der Waals surface area contributed by atoms with Crippen molar-refractivity contribution in [2.24, 2.45) is 0 Å². The minimum Gasteiger partial charge on any atom is -0.490 e. The number of ether oxygens (including phenoxy) is 1. The van der Waals surface area contributed by atoms with Gasteiger partial charge in [0, 0.05) is 23.4 Å². The largest absolute Gasteiger partial charge is 0.490 e. The summed E-state index contributed by atoms with van der Waals surface area (Å²) in [6, 6.07) is 11.1. The first-order valence-corrected chi connectivity index (χ1v) is 6.10. The fourth-order valence-corrected chi connectivity index (χ4v) is 1.77. The first-order chi connectivity index (χ1) is 11.0. The lowest BCUT2D eigenvalue weighted by molar-refractivity contribution is 0.105. The van der Waals surface area contributed by atoms with E-state index in [1.807, 2.05) is 36.4 Å². The molecule has 3 heteroatoms. The van der Waals surface area contributed by atoms with Crippen molar-refractivity contribution in [1.29, 1.82) is 0 Å². The zero-order chi connectivity index (χ0) is 18.0. The summed E-state index contributed by atoms with van der Waals surface area (Å²) in [6.07, 6.45) is -2.06. The lowest BCUT2D eigenvalue weighted by atomic mass is 10.1. The van der Waals surface area contributed by atoms with Crippen molar-refractivity contribution >= 4 is 10.8 Å².